The zero-order valence-corrected chi connectivity index (χ0v) is 17.4. The van der Waals surface area contributed by atoms with E-state index in [0.29, 0.717) is 32.7 Å². The number of fused-ring (bicyclic) bond motifs is 2. The summed E-state index contributed by atoms with van der Waals surface area (Å²) in [6, 6.07) is 14.7. The first-order chi connectivity index (χ1) is 15.1. The smallest absolute Gasteiger partial charge is 0.259 e. The maximum Gasteiger partial charge on any atom is 0.259 e. The minimum Gasteiger partial charge on any atom is -0.326 e. The SMILES string of the molecule is NCc1ccc(CN2C(=O)C3=C(CCN(Cc4cccc(F)c4)C3)N3CCN=C23)cc1. The van der Waals surface area contributed by atoms with E-state index < -0.39 is 0 Å². The van der Waals surface area contributed by atoms with Crippen molar-refractivity contribution in [2.75, 3.05) is 26.2 Å². The van der Waals surface area contributed by atoms with Crippen molar-refractivity contribution < 1.29 is 9.18 Å². The quantitative estimate of drug-likeness (QED) is 0.809. The first-order valence-electron chi connectivity index (χ1n) is 10.7. The zero-order valence-electron chi connectivity index (χ0n) is 17.4. The molecule has 160 valence electrons. The van der Waals surface area contributed by atoms with Crippen LogP contribution in [0.25, 0.3) is 0 Å². The van der Waals surface area contributed by atoms with Crippen LogP contribution in [-0.2, 0) is 24.4 Å². The Balaban J connectivity index is 1.38. The Hall–Kier alpha value is -3.03. The third-order valence-electron chi connectivity index (χ3n) is 6.18. The second kappa shape index (κ2) is 8.24. The third-order valence-corrected chi connectivity index (χ3v) is 6.18. The van der Waals surface area contributed by atoms with Crippen molar-refractivity contribution in [3.63, 3.8) is 0 Å². The predicted molar refractivity (Wildman–Crippen MR) is 117 cm³/mol. The van der Waals surface area contributed by atoms with Gasteiger partial charge in [-0.3, -0.25) is 19.6 Å². The summed E-state index contributed by atoms with van der Waals surface area (Å²) >= 11 is 0. The molecule has 0 saturated heterocycles. The summed E-state index contributed by atoms with van der Waals surface area (Å²) < 4.78 is 13.6. The van der Waals surface area contributed by atoms with Crippen LogP contribution >= 0.6 is 0 Å². The van der Waals surface area contributed by atoms with Gasteiger partial charge in [-0.05, 0) is 28.8 Å². The van der Waals surface area contributed by atoms with Crippen molar-refractivity contribution in [1.82, 2.24) is 14.7 Å². The molecule has 7 heteroatoms. The van der Waals surface area contributed by atoms with Gasteiger partial charge in [0.05, 0.1) is 18.7 Å². The fourth-order valence-corrected chi connectivity index (χ4v) is 4.61. The fourth-order valence-electron chi connectivity index (χ4n) is 4.61. The van der Waals surface area contributed by atoms with Crippen molar-refractivity contribution in [3.8, 4) is 0 Å². The van der Waals surface area contributed by atoms with E-state index >= 15 is 0 Å². The van der Waals surface area contributed by atoms with Crippen LogP contribution in [0.15, 0.2) is 64.8 Å². The average molecular weight is 420 g/mol. The lowest BCUT2D eigenvalue weighted by Crippen LogP contribution is -2.53. The summed E-state index contributed by atoms with van der Waals surface area (Å²) in [5.74, 6) is 0.567. The highest BCUT2D eigenvalue weighted by Gasteiger charge is 2.40. The van der Waals surface area contributed by atoms with E-state index in [4.69, 9.17) is 5.73 Å². The molecule has 3 heterocycles. The van der Waals surface area contributed by atoms with Gasteiger partial charge in [-0.1, -0.05) is 36.4 Å². The van der Waals surface area contributed by atoms with E-state index in [9.17, 15) is 9.18 Å². The zero-order chi connectivity index (χ0) is 21.4. The van der Waals surface area contributed by atoms with Gasteiger partial charge in [-0.15, -0.1) is 0 Å². The Labute approximate surface area is 181 Å². The Kier molecular flexibility index (Phi) is 5.29. The van der Waals surface area contributed by atoms with Crippen molar-refractivity contribution >= 4 is 11.9 Å². The number of amides is 1. The van der Waals surface area contributed by atoms with Gasteiger partial charge in [0.1, 0.15) is 5.82 Å². The molecule has 0 unspecified atom stereocenters. The molecule has 2 N–H and O–H groups in total. The van der Waals surface area contributed by atoms with E-state index in [0.717, 1.165) is 53.4 Å². The molecule has 3 aliphatic heterocycles. The van der Waals surface area contributed by atoms with Crippen molar-refractivity contribution in [2.24, 2.45) is 10.7 Å². The third kappa shape index (κ3) is 3.86. The number of guanidine groups is 1. The van der Waals surface area contributed by atoms with Crippen LogP contribution in [0.3, 0.4) is 0 Å². The summed E-state index contributed by atoms with van der Waals surface area (Å²) in [6.45, 7) is 4.54. The van der Waals surface area contributed by atoms with Gasteiger partial charge in [0, 0.05) is 44.8 Å². The summed E-state index contributed by atoms with van der Waals surface area (Å²) in [4.78, 5) is 24.4. The van der Waals surface area contributed by atoms with Crippen LogP contribution < -0.4 is 5.73 Å². The number of carbonyl (C=O) groups excluding carboxylic acids is 1. The highest BCUT2D eigenvalue weighted by Crippen LogP contribution is 2.32. The molecule has 6 nitrogen and oxygen atoms in total. The highest BCUT2D eigenvalue weighted by atomic mass is 19.1. The van der Waals surface area contributed by atoms with Gasteiger partial charge in [-0.2, -0.15) is 0 Å². The number of nitrogens with zero attached hydrogens (tertiary/aromatic N) is 4. The maximum atomic E-state index is 13.6. The second-order valence-electron chi connectivity index (χ2n) is 8.26. The molecule has 0 bridgehead atoms. The summed E-state index contributed by atoms with van der Waals surface area (Å²) in [5.41, 5.74) is 10.7. The molecule has 0 saturated carbocycles. The van der Waals surface area contributed by atoms with E-state index in [-0.39, 0.29) is 11.7 Å². The molecule has 0 atom stereocenters. The number of halogens is 1. The van der Waals surface area contributed by atoms with Crippen LogP contribution in [0.1, 0.15) is 23.1 Å². The number of aliphatic imine (C=N–C) groups is 1. The van der Waals surface area contributed by atoms with E-state index in [1.807, 2.05) is 30.3 Å². The molecule has 0 aliphatic carbocycles. The maximum absolute atomic E-state index is 13.6. The number of benzene rings is 2. The monoisotopic (exact) mass is 419 g/mol. The molecule has 2 aromatic carbocycles. The molecule has 5 rings (SSSR count). The molecule has 0 spiro atoms. The number of hydrogen-bond donors (Lipinski definition) is 1. The van der Waals surface area contributed by atoms with Gasteiger partial charge in [0.15, 0.2) is 0 Å². The molecule has 0 radical (unpaired) electrons. The minimum absolute atomic E-state index is 0.0266. The van der Waals surface area contributed by atoms with Crippen LogP contribution in [0, 0.1) is 5.82 Å². The lowest BCUT2D eigenvalue weighted by Gasteiger charge is -2.42. The number of nitrogens with two attached hydrogens (primary N) is 1. The highest BCUT2D eigenvalue weighted by molar-refractivity contribution is 6.09. The Morgan fingerprint density at radius 3 is 2.58 bits per heavy atom. The standard InChI is InChI=1S/C24H26FN5O/c25-20-3-1-2-19(12-20)14-28-10-8-22-21(16-28)23(31)30(24-27-9-11-29(22)24)15-18-6-4-17(13-26)5-7-18/h1-7,12H,8-11,13-16,26H2. The van der Waals surface area contributed by atoms with Crippen LogP contribution in [0.5, 0.6) is 0 Å². The number of rotatable bonds is 5. The molecular weight excluding hydrogens is 393 g/mol. The average Bonchev–Trinajstić information content (AvgIpc) is 3.27. The lowest BCUT2D eigenvalue weighted by molar-refractivity contribution is -0.125. The van der Waals surface area contributed by atoms with Gasteiger partial charge in [-0.25, -0.2) is 4.39 Å². The predicted octanol–water partition coefficient (Wildman–Crippen LogP) is 2.46. The second-order valence-corrected chi connectivity index (χ2v) is 8.26. The normalized spacial score (nSPS) is 18.9. The van der Waals surface area contributed by atoms with Crippen molar-refractivity contribution in [2.45, 2.75) is 26.1 Å². The largest absolute Gasteiger partial charge is 0.326 e. The van der Waals surface area contributed by atoms with Crippen molar-refractivity contribution in [1.29, 1.82) is 0 Å². The molecule has 3 aliphatic rings. The first-order valence-corrected chi connectivity index (χ1v) is 10.7. The number of carbonyl (C=O) groups is 1. The van der Waals surface area contributed by atoms with Crippen LogP contribution in [0.4, 0.5) is 4.39 Å². The fraction of sp³-hybridized carbons (Fsp3) is 0.333. The molecule has 2 aromatic rings. The number of hydrogen-bond acceptors (Lipinski definition) is 5. The summed E-state index contributed by atoms with van der Waals surface area (Å²) in [7, 11) is 0. The van der Waals surface area contributed by atoms with Crippen LogP contribution in [0.2, 0.25) is 0 Å². The molecule has 0 aromatic heterocycles. The Morgan fingerprint density at radius 1 is 1.00 bits per heavy atom. The lowest BCUT2D eigenvalue weighted by atomic mass is 10.00. The van der Waals surface area contributed by atoms with Gasteiger partial charge < -0.3 is 10.6 Å². The van der Waals surface area contributed by atoms with Crippen molar-refractivity contribution in [3.05, 3.63) is 82.3 Å². The van der Waals surface area contributed by atoms with E-state index in [1.54, 1.807) is 17.0 Å². The molecule has 1 amide bonds. The molecule has 31 heavy (non-hydrogen) atoms. The minimum atomic E-state index is -0.229. The van der Waals surface area contributed by atoms with Gasteiger partial charge in [0.2, 0.25) is 5.96 Å². The topological polar surface area (TPSA) is 65.2 Å². The summed E-state index contributed by atoms with van der Waals surface area (Å²) in [6.07, 6.45) is 0.800. The summed E-state index contributed by atoms with van der Waals surface area (Å²) in [5, 5.41) is 0. The van der Waals surface area contributed by atoms with E-state index in [2.05, 4.69) is 14.8 Å². The van der Waals surface area contributed by atoms with Crippen LogP contribution in [-0.4, -0.2) is 52.7 Å². The first kappa shape index (κ1) is 19.9. The van der Waals surface area contributed by atoms with E-state index in [1.165, 1.54) is 6.07 Å². The van der Waals surface area contributed by atoms with Gasteiger partial charge in [0.25, 0.3) is 5.91 Å². The van der Waals surface area contributed by atoms with Gasteiger partial charge >= 0.3 is 0 Å². The Morgan fingerprint density at radius 2 is 1.81 bits per heavy atom. The molecular formula is C24H26FN5O. The Bertz CT molecular complexity index is 1060. The molecule has 0 fully saturated rings.